The second-order valence-electron chi connectivity index (χ2n) is 6.83. The Bertz CT molecular complexity index is 938. The van der Waals surface area contributed by atoms with Crippen LogP contribution in [0.2, 0.25) is 5.02 Å². The Balaban J connectivity index is 1.32. The Morgan fingerprint density at radius 3 is 2.54 bits per heavy atom. The summed E-state index contributed by atoms with van der Waals surface area (Å²) in [6.07, 6.45) is 1.64. The van der Waals surface area contributed by atoms with Gasteiger partial charge in [-0.25, -0.2) is 0 Å². The van der Waals surface area contributed by atoms with Gasteiger partial charge in [-0.1, -0.05) is 71.5 Å². The minimum atomic E-state index is 0.0518. The predicted octanol–water partition coefficient (Wildman–Crippen LogP) is 4.39. The van der Waals surface area contributed by atoms with Gasteiger partial charge in [0.15, 0.2) is 5.01 Å². The van der Waals surface area contributed by atoms with Crippen molar-refractivity contribution in [1.29, 1.82) is 0 Å². The summed E-state index contributed by atoms with van der Waals surface area (Å²) >= 11 is 7.81. The molecule has 0 bridgehead atoms. The van der Waals surface area contributed by atoms with E-state index in [1.54, 1.807) is 11.3 Å². The number of halogens is 1. The number of nitrogens with zero attached hydrogens (tertiary/aromatic N) is 3. The van der Waals surface area contributed by atoms with E-state index in [2.05, 4.69) is 20.4 Å². The van der Waals surface area contributed by atoms with Gasteiger partial charge in [-0.2, -0.15) is 0 Å². The zero-order chi connectivity index (χ0) is 19.3. The Morgan fingerprint density at radius 2 is 1.79 bits per heavy atom. The van der Waals surface area contributed by atoms with Gasteiger partial charge in [0.05, 0.1) is 5.02 Å². The molecule has 1 N–H and O–H groups in total. The van der Waals surface area contributed by atoms with Crippen molar-refractivity contribution >= 4 is 34.0 Å². The summed E-state index contributed by atoms with van der Waals surface area (Å²) in [6.45, 7) is 2.19. The summed E-state index contributed by atoms with van der Waals surface area (Å²) in [7, 11) is 0. The molecule has 4 rings (SSSR count). The Morgan fingerprint density at radius 1 is 1.07 bits per heavy atom. The van der Waals surface area contributed by atoms with Gasteiger partial charge in [0.2, 0.25) is 11.0 Å². The van der Waals surface area contributed by atoms with E-state index in [1.165, 1.54) is 0 Å². The molecule has 1 saturated heterocycles. The largest absolute Gasteiger partial charge is 0.352 e. The van der Waals surface area contributed by atoms with Crippen molar-refractivity contribution in [2.24, 2.45) is 5.92 Å². The average molecular weight is 413 g/mol. The fourth-order valence-electron chi connectivity index (χ4n) is 3.35. The summed E-state index contributed by atoms with van der Waals surface area (Å²) in [5.41, 5.74) is 2.03. The number of aromatic nitrogens is 2. The van der Waals surface area contributed by atoms with Crippen LogP contribution in [-0.4, -0.2) is 29.2 Å². The lowest BCUT2D eigenvalue weighted by Gasteiger charge is -2.30. The third kappa shape index (κ3) is 4.34. The lowest BCUT2D eigenvalue weighted by atomic mass is 9.96. The summed E-state index contributed by atoms with van der Waals surface area (Å²) < 4.78 is 0. The molecular formula is C21H21ClN4OS. The summed E-state index contributed by atoms with van der Waals surface area (Å²) in [6, 6.07) is 17.7. The highest BCUT2D eigenvalue weighted by atomic mass is 35.5. The van der Waals surface area contributed by atoms with E-state index in [1.807, 2.05) is 54.6 Å². The number of carbonyl (C=O) groups excluding carboxylic acids is 1. The number of benzene rings is 2. The van der Waals surface area contributed by atoms with Gasteiger partial charge in [-0.05, 0) is 24.5 Å². The molecule has 0 atom stereocenters. The van der Waals surface area contributed by atoms with Crippen molar-refractivity contribution in [3.63, 3.8) is 0 Å². The van der Waals surface area contributed by atoms with E-state index in [9.17, 15) is 4.79 Å². The van der Waals surface area contributed by atoms with E-state index in [0.717, 1.165) is 47.2 Å². The van der Waals surface area contributed by atoms with Crippen LogP contribution in [0.4, 0.5) is 5.13 Å². The number of rotatable bonds is 5. The molecule has 0 saturated carbocycles. The highest BCUT2D eigenvalue weighted by Gasteiger charge is 2.26. The van der Waals surface area contributed by atoms with Gasteiger partial charge < -0.3 is 10.2 Å². The first-order valence-electron chi connectivity index (χ1n) is 9.35. The van der Waals surface area contributed by atoms with Crippen LogP contribution in [0.5, 0.6) is 0 Å². The number of piperidine rings is 1. The standard InChI is InChI=1S/C21H21ClN4OS/c22-18-9-5-4-8-17(18)20-24-25-21(28-20)26-12-10-16(11-13-26)19(27)23-14-15-6-2-1-3-7-15/h1-9,16H,10-14H2,(H,23,27). The highest BCUT2D eigenvalue weighted by Crippen LogP contribution is 2.34. The van der Waals surface area contributed by atoms with Gasteiger partial charge in [0.25, 0.3) is 0 Å². The first kappa shape index (κ1) is 18.9. The second kappa shape index (κ2) is 8.71. The third-order valence-electron chi connectivity index (χ3n) is 4.96. The van der Waals surface area contributed by atoms with Gasteiger partial charge in [0.1, 0.15) is 0 Å². The smallest absolute Gasteiger partial charge is 0.223 e. The molecule has 1 fully saturated rings. The molecule has 28 heavy (non-hydrogen) atoms. The highest BCUT2D eigenvalue weighted by molar-refractivity contribution is 7.18. The lowest BCUT2D eigenvalue weighted by molar-refractivity contribution is -0.125. The molecule has 0 spiro atoms. The Hall–Kier alpha value is -2.44. The molecule has 0 radical (unpaired) electrons. The molecule has 2 heterocycles. The number of hydrogen-bond acceptors (Lipinski definition) is 5. The molecule has 5 nitrogen and oxygen atoms in total. The van der Waals surface area contributed by atoms with Crippen LogP contribution >= 0.6 is 22.9 Å². The van der Waals surface area contributed by atoms with E-state index in [4.69, 9.17) is 11.6 Å². The van der Waals surface area contributed by atoms with Crippen LogP contribution < -0.4 is 10.2 Å². The molecule has 0 unspecified atom stereocenters. The van der Waals surface area contributed by atoms with Crippen LogP contribution in [-0.2, 0) is 11.3 Å². The third-order valence-corrected chi connectivity index (χ3v) is 6.31. The van der Waals surface area contributed by atoms with Crippen molar-refractivity contribution in [2.75, 3.05) is 18.0 Å². The molecule has 1 aromatic heterocycles. The monoisotopic (exact) mass is 412 g/mol. The molecule has 7 heteroatoms. The number of amides is 1. The molecule has 0 aliphatic carbocycles. The van der Waals surface area contributed by atoms with E-state index < -0.39 is 0 Å². The maximum atomic E-state index is 12.5. The van der Waals surface area contributed by atoms with Crippen molar-refractivity contribution in [2.45, 2.75) is 19.4 Å². The van der Waals surface area contributed by atoms with Crippen molar-refractivity contribution in [3.8, 4) is 10.6 Å². The first-order chi connectivity index (χ1) is 13.7. The molecular weight excluding hydrogens is 392 g/mol. The molecule has 1 aliphatic rings. The fourth-order valence-corrected chi connectivity index (χ4v) is 4.57. The molecule has 1 aliphatic heterocycles. The number of hydrogen-bond donors (Lipinski definition) is 1. The van der Waals surface area contributed by atoms with Crippen LogP contribution in [0.3, 0.4) is 0 Å². The van der Waals surface area contributed by atoms with E-state index in [0.29, 0.717) is 11.6 Å². The van der Waals surface area contributed by atoms with Crippen molar-refractivity contribution in [1.82, 2.24) is 15.5 Å². The topological polar surface area (TPSA) is 58.1 Å². The summed E-state index contributed by atoms with van der Waals surface area (Å²) in [5.74, 6) is 0.188. The lowest BCUT2D eigenvalue weighted by Crippen LogP contribution is -2.40. The molecule has 3 aromatic rings. The quantitative estimate of drug-likeness (QED) is 0.675. The molecule has 2 aromatic carbocycles. The van der Waals surface area contributed by atoms with Crippen LogP contribution in [0, 0.1) is 5.92 Å². The zero-order valence-electron chi connectivity index (χ0n) is 15.3. The Kier molecular flexibility index (Phi) is 5.88. The van der Waals surface area contributed by atoms with E-state index in [-0.39, 0.29) is 11.8 Å². The minimum absolute atomic E-state index is 0.0518. The maximum Gasteiger partial charge on any atom is 0.223 e. The van der Waals surface area contributed by atoms with Crippen LogP contribution in [0.25, 0.3) is 10.6 Å². The second-order valence-corrected chi connectivity index (χ2v) is 8.20. The zero-order valence-corrected chi connectivity index (χ0v) is 16.9. The molecule has 144 valence electrons. The maximum absolute atomic E-state index is 12.5. The van der Waals surface area contributed by atoms with E-state index >= 15 is 0 Å². The van der Waals surface area contributed by atoms with Gasteiger partial charge >= 0.3 is 0 Å². The number of nitrogens with one attached hydrogen (secondary N) is 1. The number of carbonyl (C=O) groups is 1. The summed E-state index contributed by atoms with van der Waals surface area (Å²) in [5, 5.41) is 14.1. The minimum Gasteiger partial charge on any atom is -0.352 e. The molecule has 1 amide bonds. The van der Waals surface area contributed by atoms with Gasteiger partial charge in [0, 0.05) is 31.1 Å². The first-order valence-corrected chi connectivity index (χ1v) is 10.5. The summed E-state index contributed by atoms with van der Waals surface area (Å²) in [4.78, 5) is 14.7. The average Bonchev–Trinajstić information content (AvgIpc) is 3.23. The van der Waals surface area contributed by atoms with Gasteiger partial charge in [-0.15, -0.1) is 10.2 Å². The van der Waals surface area contributed by atoms with Crippen LogP contribution in [0.1, 0.15) is 18.4 Å². The van der Waals surface area contributed by atoms with Crippen molar-refractivity contribution < 1.29 is 4.79 Å². The number of anilines is 1. The Labute approximate surface area is 173 Å². The van der Waals surface area contributed by atoms with Crippen molar-refractivity contribution in [3.05, 3.63) is 65.2 Å². The van der Waals surface area contributed by atoms with Crippen LogP contribution in [0.15, 0.2) is 54.6 Å². The SMILES string of the molecule is O=C(NCc1ccccc1)C1CCN(c2nnc(-c3ccccc3Cl)s2)CC1. The fraction of sp³-hybridized carbons (Fsp3) is 0.286. The predicted molar refractivity (Wildman–Crippen MR) is 114 cm³/mol. The van der Waals surface area contributed by atoms with Gasteiger partial charge in [-0.3, -0.25) is 4.79 Å². The normalized spacial score (nSPS) is 14.8.